The molecule has 0 aliphatic heterocycles. The van der Waals surface area contributed by atoms with Crippen LogP contribution < -0.4 is 11.1 Å². The Bertz CT molecular complexity index is 607. The fourth-order valence-electron chi connectivity index (χ4n) is 1.80. The molecule has 0 unspecified atom stereocenters. The highest BCUT2D eigenvalue weighted by molar-refractivity contribution is 14.0. The van der Waals surface area contributed by atoms with E-state index in [9.17, 15) is 0 Å². The third kappa shape index (κ3) is 5.62. The first-order chi connectivity index (χ1) is 9.54. The van der Waals surface area contributed by atoms with Crippen LogP contribution in [0.4, 0.5) is 5.69 Å². The zero-order chi connectivity index (χ0) is 14.5. The molecule has 4 nitrogen and oxygen atoms in total. The summed E-state index contributed by atoms with van der Waals surface area (Å²) >= 11 is 1.64. The average molecular weight is 416 g/mol. The summed E-state index contributed by atoms with van der Waals surface area (Å²) in [7, 11) is 0. The molecule has 2 aromatic rings. The fourth-order valence-corrected chi connectivity index (χ4v) is 2.52. The number of rotatable bonds is 4. The molecular weight excluding hydrogens is 395 g/mol. The maximum atomic E-state index is 5.91. The van der Waals surface area contributed by atoms with E-state index in [0.717, 1.165) is 15.6 Å². The molecule has 2 rings (SSSR count). The van der Waals surface area contributed by atoms with Crippen molar-refractivity contribution in [2.24, 2.45) is 10.7 Å². The predicted molar refractivity (Wildman–Crippen MR) is 102 cm³/mol. The normalized spacial score (nSPS) is 11.3. The van der Waals surface area contributed by atoms with Crippen molar-refractivity contribution in [1.29, 1.82) is 0 Å². The third-order valence-electron chi connectivity index (χ3n) is 2.90. The third-order valence-corrected chi connectivity index (χ3v) is 3.80. The number of halogens is 1. The Morgan fingerprint density at radius 1 is 1.43 bits per heavy atom. The highest BCUT2D eigenvalue weighted by atomic mass is 127. The van der Waals surface area contributed by atoms with E-state index >= 15 is 0 Å². The molecule has 0 spiro atoms. The van der Waals surface area contributed by atoms with Crippen molar-refractivity contribution >= 4 is 47.0 Å². The van der Waals surface area contributed by atoms with E-state index in [1.165, 1.54) is 5.56 Å². The smallest absolute Gasteiger partial charge is 0.193 e. The molecule has 21 heavy (non-hydrogen) atoms. The van der Waals surface area contributed by atoms with Crippen LogP contribution in [0.2, 0.25) is 0 Å². The number of benzene rings is 1. The minimum Gasteiger partial charge on any atom is -0.370 e. The summed E-state index contributed by atoms with van der Waals surface area (Å²) in [5.74, 6) is 0.923. The maximum Gasteiger partial charge on any atom is 0.193 e. The molecule has 0 atom stereocenters. The Morgan fingerprint density at radius 2 is 2.19 bits per heavy atom. The number of aliphatic imine (C=N–C) groups is 1. The lowest BCUT2D eigenvalue weighted by Gasteiger charge is -2.09. The molecule has 0 aliphatic rings. The largest absolute Gasteiger partial charge is 0.370 e. The maximum absolute atomic E-state index is 5.91. The van der Waals surface area contributed by atoms with Gasteiger partial charge in [-0.2, -0.15) is 0 Å². The summed E-state index contributed by atoms with van der Waals surface area (Å²) in [6, 6.07) is 8.23. The Hall–Kier alpha value is -1.15. The van der Waals surface area contributed by atoms with Gasteiger partial charge in [0.15, 0.2) is 5.96 Å². The van der Waals surface area contributed by atoms with Crippen LogP contribution in [0.1, 0.15) is 35.2 Å². The van der Waals surface area contributed by atoms with Gasteiger partial charge in [0.25, 0.3) is 0 Å². The molecule has 0 saturated heterocycles. The SMILES string of the molecule is Cc1ncc(CN=C(N)Nc2cccc(C(C)C)c2)s1.I. The summed E-state index contributed by atoms with van der Waals surface area (Å²) in [5.41, 5.74) is 8.16. The highest BCUT2D eigenvalue weighted by Crippen LogP contribution is 2.18. The molecule has 0 aliphatic carbocycles. The first kappa shape index (κ1) is 17.9. The zero-order valence-corrected chi connectivity index (χ0v) is 15.6. The van der Waals surface area contributed by atoms with Gasteiger partial charge in [0.2, 0.25) is 0 Å². The van der Waals surface area contributed by atoms with Gasteiger partial charge in [0.1, 0.15) is 0 Å². The Balaban J connectivity index is 0.00000220. The molecule has 114 valence electrons. The van der Waals surface area contributed by atoms with Crippen LogP contribution in [0.5, 0.6) is 0 Å². The Kier molecular flexibility index (Phi) is 7.10. The Labute approximate surface area is 146 Å². The van der Waals surface area contributed by atoms with E-state index in [1.807, 2.05) is 25.3 Å². The van der Waals surface area contributed by atoms with Gasteiger partial charge in [-0.15, -0.1) is 35.3 Å². The minimum atomic E-state index is 0. The molecule has 0 radical (unpaired) electrons. The fraction of sp³-hybridized carbons (Fsp3) is 0.333. The van der Waals surface area contributed by atoms with Crippen molar-refractivity contribution in [3.63, 3.8) is 0 Å². The zero-order valence-electron chi connectivity index (χ0n) is 12.5. The highest BCUT2D eigenvalue weighted by Gasteiger charge is 2.02. The van der Waals surface area contributed by atoms with Gasteiger partial charge in [0, 0.05) is 16.8 Å². The van der Waals surface area contributed by atoms with Crippen molar-refractivity contribution < 1.29 is 0 Å². The second-order valence-electron chi connectivity index (χ2n) is 4.95. The minimum absolute atomic E-state index is 0. The molecule has 3 N–H and O–H groups in total. The topological polar surface area (TPSA) is 63.3 Å². The molecule has 0 fully saturated rings. The summed E-state index contributed by atoms with van der Waals surface area (Å²) in [6.45, 7) is 6.89. The first-order valence-corrected chi connectivity index (χ1v) is 7.44. The Morgan fingerprint density at radius 3 is 2.81 bits per heavy atom. The molecular formula is C15H21IN4S. The van der Waals surface area contributed by atoms with Gasteiger partial charge in [-0.1, -0.05) is 26.0 Å². The first-order valence-electron chi connectivity index (χ1n) is 6.63. The van der Waals surface area contributed by atoms with Crippen LogP contribution in [-0.4, -0.2) is 10.9 Å². The van der Waals surface area contributed by atoms with Crippen LogP contribution >= 0.6 is 35.3 Å². The molecule has 1 aromatic carbocycles. The molecule has 1 heterocycles. The van der Waals surface area contributed by atoms with E-state index in [4.69, 9.17) is 5.73 Å². The van der Waals surface area contributed by atoms with E-state index in [1.54, 1.807) is 11.3 Å². The molecule has 6 heteroatoms. The van der Waals surface area contributed by atoms with Crippen LogP contribution in [-0.2, 0) is 6.54 Å². The number of thiazole rings is 1. The molecule has 1 aromatic heterocycles. The van der Waals surface area contributed by atoms with Crippen molar-refractivity contribution in [3.8, 4) is 0 Å². The monoisotopic (exact) mass is 416 g/mol. The lowest BCUT2D eigenvalue weighted by molar-refractivity contribution is 0.867. The van der Waals surface area contributed by atoms with Gasteiger partial charge < -0.3 is 11.1 Å². The molecule has 0 amide bonds. The number of nitrogens with two attached hydrogens (primary N) is 1. The van der Waals surface area contributed by atoms with Gasteiger partial charge in [-0.05, 0) is 30.5 Å². The van der Waals surface area contributed by atoms with Crippen molar-refractivity contribution in [1.82, 2.24) is 4.98 Å². The quantitative estimate of drug-likeness (QED) is 0.448. The van der Waals surface area contributed by atoms with E-state index < -0.39 is 0 Å². The van der Waals surface area contributed by atoms with Crippen molar-refractivity contribution in [3.05, 3.63) is 45.9 Å². The van der Waals surface area contributed by atoms with Crippen molar-refractivity contribution in [2.75, 3.05) is 5.32 Å². The molecule has 0 bridgehead atoms. The lowest BCUT2D eigenvalue weighted by atomic mass is 10.0. The number of hydrogen-bond donors (Lipinski definition) is 2. The summed E-state index contributed by atoms with van der Waals surface area (Å²) in [5, 5.41) is 4.17. The van der Waals surface area contributed by atoms with Gasteiger partial charge in [-0.3, -0.25) is 0 Å². The van der Waals surface area contributed by atoms with Crippen LogP contribution in [0.25, 0.3) is 0 Å². The number of guanidine groups is 1. The summed E-state index contributed by atoms with van der Waals surface area (Å²) < 4.78 is 0. The summed E-state index contributed by atoms with van der Waals surface area (Å²) in [6.07, 6.45) is 1.84. The van der Waals surface area contributed by atoms with Crippen LogP contribution in [0.3, 0.4) is 0 Å². The van der Waals surface area contributed by atoms with E-state index in [2.05, 4.69) is 41.3 Å². The van der Waals surface area contributed by atoms with Gasteiger partial charge in [-0.25, -0.2) is 9.98 Å². The second kappa shape index (κ2) is 8.33. The van der Waals surface area contributed by atoms with E-state index in [0.29, 0.717) is 18.4 Å². The standard InChI is InChI=1S/C15H20N4S.HI/c1-10(2)12-5-4-6-13(7-12)19-15(16)18-9-14-8-17-11(3)20-14;/h4-8,10H,9H2,1-3H3,(H3,16,18,19);1H. The van der Waals surface area contributed by atoms with Crippen LogP contribution in [0, 0.1) is 6.92 Å². The van der Waals surface area contributed by atoms with Gasteiger partial charge in [0.05, 0.1) is 11.6 Å². The predicted octanol–water partition coefficient (Wildman–Crippen LogP) is 4.12. The van der Waals surface area contributed by atoms with E-state index in [-0.39, 0.29) is 24.0 Å². The number of aryl methyl sites for hydroxylation is 1. The van der Waals surface area contributed by atoms with Crippen LogP contribution in [0.15, 0.2) is 35.5 Å². The number of nitrogens with zero attached hydrogens (tertiary/aromatic N) is 2. The molecule has 0 saturated carbocycles. The number of aromatic nitrogens is 1. The lowest BCUT2D eigenvalue weighted by Crippen LogP contribution is -2.22. The second-order valence-corrected chi connectivity index (χ2v) is 6.27. The van der Waals surface area contributed by atoms with Crippen molar-refractivity contribution in [2.45, 2.75) is 33.2 Å². The number of hydrogen-bond acceptors (Lipinski definition) is 3. The number of anilines is 1. The summed E-state index contributed by atoms with van der Waals surface area (Å²) in [4.78, 5) is 9.64. The average Bonchev–Trinajstić information content (AvgIpc) is 2.82. The number of nitrogens with one attached hydrogen (secondary N) is 1. The van der Waals surface area contributed by atoms with Gasteiger partial charge >= 0.3 is 0 Å².